The normalized spacial score (nSPS) is 10.3. The molecule has 0 spiro atoms. The van der Waals surface area contributed by atoms with Gasteiger partial charge >= 0.3 is 5.97 Å². The van der Waals surface area contributed by atoms with E-state index in [2.05, 4.69) is 5.32 Å². The Hall–Kier alpha value is -1.26. The van der Waals surface area contributed by atoms with Crippen LogP contribution in [0.1, 0.15) is 18.4 Å². The molecule has 5 heteroatoms. The first kappa shape index (κ1) is 12.8. The van der Waals surface area contributed by atoms with E-state index in [1.54, 1.807) is 12.1 Å². The maximum Gasteiger partial charge on any atom is 0.303 e. The van der Waals surface area contributed by atoms with E-state index in [-0.39, 0.29) is 12.2 Å². The lowest BCUT2D eigenvalue weighted by atomic mass is 10.2. The highest BCUT2D eigenvalue weighted by molar-refractivity contribution is 6.32. The molecule has 0 aromatic heterocycles. The Labute approximate surface area is 98.9 Å². The quantitative estimate of drug-likeness (QED) is 0.669. The fourth-order valence-corrected chi connectivity index (χ4v) is 1.46. The molecule has 4 nitrogen and oxygen atoms in total. The summed E-state index contributed by atoms with van der Waals surface area (Å²) < 4.78 is 0. The number of rotatable bonds is 6. The zero-order valence-corrected chi connectivity index (χ0v) is 9.50. The van der Waals surface area contributed by atoms with Gasteiger partial charge in [-0.3, -0.25) is 4.79 Å². The van der Waals surface area contributed by atoms with Crippen LogP contribution >= 0.6 is 11.6 Å². The predicted molar refractivity (Wildman–Crippen MR) is 61.7 cm³/mol. The third-order valence-corrected chi connectivity index (χ3v) is 2.39. The second-order valence-electron chi connectivity index (χ2n) is 3.46. The van der Waals surface area contributed by atoms with Crippen LogP contribution in [0.25, 0.3) is 0 Å². The number of phenols is 1. The Kier molecular flexibility index (Phi) is 5.08. The van der Waals surface area contributed by atoms with Crippen LogP contribution in [0.4, 0.5) is 0 Å². The van der Waals surface area contributed by atoms with Gasteiger partial charge in [0.1, 0.15) is 5.75 Å². The molecule has 0 fully saturated rings. The Morgan fingerprint density at radius 3 is 2.81 bits per heavy atom. The van der Waals surface area contributed by atoms with Gasteiger partial charge in [-0.15, -0.1) is 0 Å². The van der Waals surface area contributed by atoms with E-state index in [0.29, 0.717) is 24.5 Å². The minimum atomic E-state index is -0.783. The minimum Gasteiger partial charge on any atom is -0.506 e. The van der Waals surface area contributed by atoms with Gasteiger partial charge in [0.05, 0.1) is 5.02 Å². The Bertz CT molecular complexity index is 368. The average molecular weight is 244 g/mol. The number of phenolic OH excluding ortho intramolecular Hbond substituents is 1. The molecule has 0 aliphatic rings. The van der Waals surface area contributed by atoms with Crippen molar-refractivity contribution in [2.24, 2.45) is 0 Å². The van der Waals surface area contributed by atoms with Crippen molar-refractivity contribution in [1.82, 2.24) is 5.32 Å². The van der Waals surface area contributed by atoms with Gasteiger partial charge in [0.15, 0.2) is 0 Å². The molecular formula is C11H14ClNO3. The van der Waals surface area contributed by atoms with Crippen LogP contribution in [0.3, 0.4) is 0 Å². The molecule has 1 aromatic carbocycles. The van der Waals surface area contributed by atoms with Crippen molar-refractivity contribution in [1.29, 1.82) is 0 Å². The summed E-state index contributed by atoms with van der Waals surface area (Å²) in [5.74, 6) is -0.717. The highest BCUT2D eigenvalue weighted by Crippen LogP contribution is 2.23. The van der Waals surface area contributed by atoms with E-state index < -0.39 is 5.97 Å². The molecule has 0 unspecified atom stereocenters. The summed E-state index contributed by atoms with van der Waals surface area (Å²) in [5, 5.41) is 21.0. The molecule has 0 atom stereocenters. The van der Waals surface area contributed by atoms with Gasteiger partial charge in [-0.1, -0.05) is 17.7 Å². The lowest BCUT2D eigenvalue weighted by Crippen LogP contribution is -2.15. The molecule has 0 saturated carbocycles. The second kappa shape index (κ2) is 6.35. The Morgan fingerprint density at radius 2 is 2.19 bits per heavy atom. The smallest absolute Gasteiger partial charge is 0.303 e. The number of carboxylic acid groups (broad SMARTS) is 1. The summed E-state index contributed by atoms with van der Waals surface area (Å²) in [6.45, 7) is 1.25. The maximum atomic E-state index is 10.2. The molecule has 88 valence electrons. The fraction of sp³-hybridized carbons (Fsp3) is 0.364. The molecule has 0 aliphatic carbocycles. The van der Waals surface area contributed by atoms with Crippen molar-refractivity contribution in [2.75, 3.05) is 6.54 Å². The van der Waals surface area contributed by atoms with E-state index in [0.717, 1.165) is 5.56 Å². The van der Waals surface area contributed by atoms with Crippen LogP contribution in [0.15, 0.2) is 18.2 Å². The number of carbonyl (C=O) groups is 1. The molecule has 0 saturated heterocycles. The van der Waals surface area contributed by atoms with E-state index in [1.165, 1.54) is 6.07 Å². The van der Waals surface area contributed by atoms with Crippen molar-refractivity contribution in [3.05, 3.63) is 28.8 Å². The number of nitrogens with one attached hydrogen (secondary N) is 1. The zero-order valence-electron chi connectivity index (χ0n) is 8.74. The standard InChI is InChI=1S/C11H14ClNO3/c12-9-6-8(3-4-10(9)14)7-13-5-1-2-11(15)16/h3-4,6,13-14H,1-2,5,7H2,(H,15,16). The number of carboxylic acids is 1. The van der Waals surface area contributed by atoms with Gasteiger partial charge in [0, 0.05) is 13.0 Å². The van der Waals surface area contributed by atoms with Gasteiger partial charge in [-0.25, -0.2) is 0 Å². The van der Waals surface area contributed by atoms with Crippen LogP contribution in [0.2, 0.25) is 5.02 Å². The molecule has 0 aliphatic heterocycles. The first-order valence-corrected chi connectivity index (χ1v) is 5.37. The third-order valence-electron chi connectivity index (χ3n) is 2.09. The Morgan fingerprint density at radius 1 is 1.44 bits per heavy atom. The number of benzene rings is 1. The first-order valence-electron chi connectivity index (χ1n) is 4.99. The lowest BCUT2D eigenvalue weighted by Gasteiger charge is -2.05. The van der Waals surface area contributed by atoms with Gasteiger partial charge in [-0.05, 0) is 30.7 Å². The SMILES string of the molecule is O=C(O)CCCNCc1ccc(O)c(Cl)c1. The van der Waals surface area contributed by atoms with Crippen LogP contribution in [-0.4, -0.2) is 22.7 Å². The maximum absolute atomic E-state index is 10.2. The zero-order chi connectivity index (χ0) is 12.0. The monoisotopic (exact) mass is 243 g/mol. The largest absolute Gasteiger partial charge is 0.506 e. The van der Waals surface area contributed by atoms with Crippen LogP contribution < -0.4 is 5.32 Å². The number of hydrogen-bond donors (Lipinski definition) is 3. The first-order chi connectivity index (χ1) is 7.59. The van der Waals surface area contributed by atoms with Crippen LogP contribution in [-0.2, 0) is 11.3 Å². The van der Waals surface area contributed by atoms with Crippen molar-refractivity contribution in [3.63, 3.8) is 0 Å². The summed E-state index contributed by atoms with van der Waals surface area (Å²) in [6, 6.07) is 4.99. The third kappa shape index (κ3) is 4.51. The molecular weight excluding hydrogens is 230 g/mol. The van der Waals surface area contributed by atoms with E-state index >= 15 is 0 Å². The average Bonchev–Trinajstić information content (AvgIpc) is 2.22. The predicted octanol–water partition coefficient (Wildman–Crippen LogP) is 2.00. The molecule has 0 heterocycles. The fourth-order valence-electron chi connectivity index (χ4n) is 1.26. The molecule has 1 aromatic rings. The van der Waals surface area contributed by atoms with Crippen molar-refractivity contribution >= 4 is 17.6 Å². The Balaban J connectivity index is 2.27. The van der Waals surface area contributed by atoms with Gasteiger partial charge in [0.25, 0.3) is 0 Å². The summed E-state index contributed by atoms with van der Waals surface area (Å²) in [6.07, 6.45) is 0.768. The topological polar surface area (TPSA) is 69.6 Å². The van der Waals surface area contributed by atoms with Crippen LogP contribution in [0, 0.1) is 0 Å². The molecule has 0 bridgehead atoms. The number of aliphatic carboxylic acids is 1. The van der Waals surface area contributed by atoms with Gasteiger partial charge < -0.3 is 15.5 Å². The van der Waals surface area contributed by atoms with Gasteiger partial charge in [-0.2, -0.15) is 0 Å². The summed E-state index contributed by atoms with van der Waals surface area (Å²) in [5.41, 5.74) is 0.957. The molecule has 16 heavy (non-hydrogen) atoms. The molecule has 0 radical (unpaired) electrons. The second-order valence-corrected chi connectivity index (χ2v) is 3.87. The molecule has 0 amide bonds. The van der Waals surface area contributed by atoms with Gasteiger partial charge in [0.2, 0.25) is 0 Å². The van der Waals surface area contributed by atoms with Crippen molar-refractivity contribution in [2.45, 2.75) is 19.4 Å². The molecule has 1 rings (SSSR count). The number of aromatic hydroxyl groups is 1. The summed E-state index contributed by atoms with van der Waals surface area (Å²) in [4.78, 5) is 10.2. The number of hydrogen-bond acceptors (Lipinski definition) is 3. The summed E-state index contributed by atoms with van der Waals surface area (Å²) in [7, 11) is 0. The summed E-state index contributed by atoms with van der Waals surface area (Å²) >= 11 is 5.74. The molecule has 3 N–H and O–H groups in total. The van der Waals surface area contributed by atoms with Crippen molar-refractivity contribution in [3.8, 4) is 5.75 Å². The van der Waals surface area contributed by atoms with E-state index in [4.69, 9.17) is 16.7 Å². The van der Waals surface area contributed by atoms with Crippen LogP contribution in [0.5, 0.6) is 5.75 Å². The number of halogens is 1. The van der Waals surface area contributed by atoms with E-state index in [9.17, 15) is 9.90 Å². The van der Waals surface area contributed by atoms with Crippen molar-refractivity contribution < 1.29 is 15.0 Å². The minimum absolute atomic E-state index is 0.0660. The van der Waals surface area contributed by atoms with E-state index in [1.807, 2.05) is 0 Å². The lowest BCUT2D eigenvalue weighted by molar-refractivity contribution is -0.137. The highest BCUT2D eigenvalue weighted by Gasteiger charge is 2.00. The highest BCUT2D eigenvalue weighted by atomic mass is 35.5.